The van der Waals surface area contributed by atoms with E-state index in [-0.39, 0.29) is 23.9 Å². The molecule has 1 heterocycles. The molecule has 1 aliphatic rings. The number of carbonyl (C=O) groups is 3. The quantitative estimate of drug-likeness (QED) is 0.603. The van der Waals surface area contributed by atoms with Gasteiger partial charge in [0.25, 0.3) is 5.91 Å². The summed E-state index contributed by atoms with van der Waals surface area (Å²) >= 11 is 0. The zero-order chi connectivity index (χ0) is 19.2. The van der Waals surface area contributed by atoms with Gasteiger partial charge in [-0.2, -0.15) is 5.10 Å². The molecular formula is C20H19N3O4. The van der Waals surface area contributed by atoms with Crippen molar-refractivity contribution in [1.29, 1.82) is 0 Å². The van der Waals surface area contributed by atoms with Gasteiger partial charge in [-0.1, -0.05) is 48.5 Å². The summed E-state index contributed by atoms with van der Waals surface area (Å²) in [6, 6.07) is 16.1. The van der Waals surface area contributed by atoms with Gasteiger partial charge in [0.05, 0.1) is 11.8 Å². The van der Waals surface area contributed by atoms with E-state index in [2.05, 4.69) is 10.5 Å². The molecule has 0 aromatic heterocycles. The monoisotopic (exact) mass is 365 g/mol. The highest BCUT2D eigenvalue weighted by molar-refractivity contribution is 5.98. The Labute approximate surface area is 156 Å². The third-order valence-corrected chi connectivity index (χ3v) is 4.40. The molecule has 0 saturated carbocycles. The Morgan fingerprint density at radius 1 is 1.15 bits per heavy atom. The molecule has 27 heavy (non-hydrogen) atoms. The number of benzene rings is 2. The summed E-state index contributed by atoms with van der Waals surface area (Å²) in [4.78, 5) is 36.9. The van der Waals surface area contributed by atoms with Crippen molar-refractivity contribution in [2.24, 2.45) is 5.10 Å². The number of hydrogen-bond donors (Lipinski definition) is 2. The lowest BCUT2D eigenvalue weighted by Crippen LogP contribution is -2.36. The Bertz CT molecular complexity index is 880. The van der Waals surface area contributed by atoms with Crippen molar-refractivity contribution in [1.82, 2.24) is 10.3 Å². The molecule has 1 unspecified atom stereocenters. The fourth-order valence-corrected chi connectivity index (χ4v) is 3.06. The minimum absolute atomic E-state index is 0.0702. The summed E-state index contributed by atoms with van der Waals surface area (Å²) in [7, 11) is 0. The van der Waals surface area contributed by atoms with Crippen LogP contribution in [0.3, 0.4) is 0 Å². The van der Waals surface area contributed by atoms with Crippen LogP contribution in [0.15, 0.2) is 59.7 Å². The average molecular weight is 365 g/mol. The number of carboxylic acids is 1. The molecule has 3 rings (SSSR count). The maximum atomic E-state index is 12.2. The molecule has 7 heteroatoms. The van der Waals surface area contributed by atoms with Crippen molar-refractivity contribution in [3.63, 3.8) is 0 Å². The summed E-state index contributed by atoms with van der Waals surface area (Å²) in [5.74, 6) is -1.49. The van der Waals surface area contributed by atoms with Crippen molar-refractivity contribution in [3.05, 3.63) is 71.3 Å². The first kappa shape index (κ1) is 18.3. The molecule has 0 radical (unpaired) electrons. The van der Waals surface area contributed by atoms with Gasteiger partial charge < -0.3 is 10.0 Å². The number of hydrazone groups is 1. The second kappa shape index (κ2) is 8.27. The van der Waals surface area contributed by atoms with Crippen LogP contribution in [0.4, 0.5) is 0 Å². The molecule has 2 N–H and O–H groups in total. The highest BCUT2D eigenvalue weighted by atomic mass is 16.4. The van der Waals surface area contributed by atoms with Crippen LogP contribution in [-0.4, -0.2) is 47.1 Å². The van der Waals surface area contributed by atoms with Crippen LogP contribution in [0, 0.1) is 0 Å². The molecule has 0 spiro atoms. The SMILES string of the molecule is O=C(CN1CC(c2ccccc2)CC1=O)N/N=C/c1ccccc1C(=O)O. The number of carbonyl (C=O) groups excluding carboxylic acids is 2. The van der Waals surface area contributed by atoms with Crippen LogP contribution < -0.4 is 5.43 Å². The van der Waals surface area contributed by atoms with Gasteiger partial charge in [0.2, 0.25) is 5.91 Å². The Balaban J connectivity index is 1.55. The van der Waals surface area contributed by atoms with E-state index in [0.29, 0.717) is 18.5 Å². The zero-order valence-corrected chi connectivity index (χ0v) is 14.5. The van der Waals surface area contributed by atoms with Gasteiger partial charge in [-0.25, -0.2) is 10.2 Å². The Kier molecular flexibility index (Phi) is 5.61. The lowest BCUT2D eigenvalue weighted by molar-refractivity contribution is -0.133. The van der Waals surface area contributed by atoms with E-state index >= 15 is 0 Å². The Hall–Kier alpha value is -3.48. The first-order chi connectivity index (χ1) is 13.0. The smallest absolute Gasteiger partial charge is 0.336 e. The highest BCUT2D eigenvalue weighted by Crippen LogP contribution is 2.27. The maximum absolute atomic E-state index is 12.2. The Morgan fingerprint density at radius 3 is 2.59 bits per heavy atom. The molecule has 1 aliphatic heterocycles. The number of carboxylic acid groups (broad SMARTS) is 1. The van der Waals surface area contributed by atoms with E-state index in [4.69, 9.17) is 5.11 Å². The summed E-state index contributed by atoms with van der Waals surface area (Å²) < 4.78 is 0. The molecule has 0 bridgehead atoms. The molecular weight excluding hydrogens is 346 g/mol. The van der Waals surface area contributed by atoms with E-state index in [9.17, 15) is 14.4 Å². The van der Waals surface area contributed by atoms with Crippen LogP contribution in [0.1, 0.15) is 33.8 Å². The molecule has 138 valence electrons. The predicted molar refractivity (Wildman–Crippen MR) is 99.5 cm³/mol. The molecule has 2 aromatic rings. The first-order valence-electron chi connectivity index (χ1n) is 8.51. The maximum Gasteiger partial charge on any atom is 0.336 e. The largest absolute Gasteiger partial charge is 0.478 e. The minimum atomic E-state index is -1.07. The third kappa shape index (κ3) is 4.58. The number of nitrogens with zero attached hydrogens (tertiary/aromatic N) is 2. The van der Waals surface area contributed by atoms with E-state index in [1.807, 2.05) is 30.3 Å². The standard InChI is InChI=1S/C20H19N3O4/c24-18(22-21-11-15-8-4-5-9-17(15)20(26)27)13-23-12-16(10-19(23)25)14-6-2-1-3-7-14/h1-9,11,16H,10,12-13H2,(H,22,24)(H,26,27)/b21-11+. The molecule has 0 aliphatic carbocycles. The number of likely N-dealkylation sites (tertiary alicyclic amines) is 1. The normalized spacial score (nSPS) is 16.7. The highest BCUT2D eigenvalue weighted by Gasteiger charge is 2.31. The van der Waals surface area contributed by atoms with E-state index in [1.54, 1.807) is 18.2 Å². The van der Waals surface area contributed by atoms with Gasteiger partial charge in [0, 0.05) is 24.4 Å². The van der Waals surface area contributed by atoms with Crippen LogP contribution >= 0.6 is 0 Å². The van der Waals surface area contributed by atoms with Gasteiger partial charge in [-0.15, -0.1) is 0 Å². The van der Waals surface area contributed by atoms with Crippen LogP contribution in [-0.2, 0) is 9.59 Å². The van der Waals surface area contributed by atoms with Crippen molar-refractivity contribution in [3.8, 4) is 0 Å². The second-order valence-electron chi connectivity index (χ2n) is 6.27. The lowest BCUT2D eigenvalue weighted by atomic mass is 9.99. The van der Waals surface area contributed by atoms with Crippen LogP contribution in [0.5, 0.6) is 0 Å². The summed E-state index contributed by atoms with van der Waals surface area (Å²) in [5.41, 5.74) is 3.90. The number of nitrogens with one attached hydrogen (secondary N) is 1. The van der Waals surface area contributed by atoms with Crippen LogP contribution in [0.25, 0.3) is 0 Å². The molecule has 1 atom stereocenters. The molecule has 1 saturated heterocycles. The molecule has 2 amide bonds. The predicted octanol–water partition coefficient (Wildman–Crippen LogP) is 1.85. The van der Waals surface area contributed by atoms with Crippen molar-refractivity contribution in [2.45, 2.75) is 12.3 Å². The summed E-state index contributed by atoms with van der Waals surface area (Å²) in [6.07, 6.45) is 1.66. The number of rotatable bonds is 6. The average Bonchev–Trinajstić information content (AvgIpc) is 3.03. The van der Waals surface area contributed by atoms with Gasteiger partial charge in [-0.05, 0) is 11.6 Å². The zero-order valence-electron chi connectivity index (χ0n) is 14.5. The third-order valence-electron chi connectivity index (χ3n) is 4.40. The van der Waals surface area contributed by atoms with Gasteiger partial charge in [-0.3, -0.25) is 9.59 Å². The molecule has 7 nitrogen and oxygen atoms in total. The topological polar surface area (TPSA) is 99.1 Å². The van der Waals surface area contributed by atoms with Gasteiger partial charge in [0.1, 0.15) is 6.54 Å². The van der Waals surface area contributed by atoms with Gasteiger partial charge in [0.15, 0.2) is 0 Å². The molecule has 2 aromatic carbocycles. The number of hydrogen-bond acceptors (Lipinski definition) is 4. The molecule has 1 fully saturated rings. The fourth-order valence-electron chi connectivity index (χ4n) is 3.06. The van der Waals surface area contributed by atoms with E-state index in [0.717, 1.165) is 5.56 Å². The summed E-state index contributed by atoms with van der Waals surface area (Å²) in [6.45, 7) is 0.405. The van der Waals surface area contributed by atoms with Crippen molar-refractivity contribution in [2.75, 3.05) is 13.1 Å². The van der Waals surface area contributed by atoms with Crippen LogP contribution in [0.2, 0.25) is 0 Å². The minimum Gasteiger partial charge on any atom is -0.478 e. The summed E-state index contributed by atoms with van der Waals surface area (Å²) in [5, 5.41) is 12.9. The first-order valence-corrected chi connectivity index (χ1v) is 8.51. The fraction of sp³-hybridized carbons (Fsp3) is 0.200. The van der Waals surface area contributed by atoms with Gasteiger partial charge >= 0.3 is 5.97 Å². The van der Waals surface area contributed by atoms with E-state index in [1.165, 1.54) is 17.2 Å². The van der Waals surface area contributed by atoms with E-state index < -0.39 is 11.9 Å². The number of aromatic carboxylic acids is 1. The van der Waals surface area contributed by atoms with Crippen molar-refractivity contribution < 1.29 is 19.5 Å². The second-order valence-corrected chi connectivity index (χ2v) is 6.27. The lowest BCUT2D eigenvalue weighted by Gasteiger charge is -2.15. The van der Waals surface area contributed by atoms with Crippen molar-refractivity contribution >= 4 is 24.0 Å². The number of amides is 2. The Morgan fingerprint density at radius 2 is 1.85 bits per heavy atom.